The van der Waals surface area contributed by atoms with Crippen LogP contribution >= 0.6 is 23.5 Å². The summed E-state index contributed by atoms with van der Waals surface area (Å²) in [4.78, 5) is 159. The molecule has 4 fully saturated rings. The Bertz CT molecular complexity index is 3240. The number of para-hydroxylation sites is 2. The van der Waals surface area contributed by atoms with Crippen LogP contribution in [-0.4, -0.2) is 203 Å². The largest absolute Gasteiger partial charge is 0.505 e. The molecule has 11 atom stereocenters. The van der Waals surface area contributed by atoms with Crippen LogP contribution in [-0.2, 0) is 47.8 Å². The number of thioether (sulfide) groups is 2. The average molecular weight is 1160 g/mol. The second-order valence-electron chi connectivity index (χ2n) is 21.4. The van der Waals surface area contributed by atoms with Crippen molar-refractivity contribution in [3.63, 3.8) is 0 Å². The molecule has 2 bridgehead atoms. The average Bonchev–Trinajstić information content (AvgIpc) is 3.47. The van der Waals surface area contributed by atoms with E-state index in [9.17, 15) is 48.6 Å². The van der Waals surface area contributed by atoms with Gasteiger partial charge in [0.1, 0.15) is 72.0 Å². The van der Waals surface area contributed by atoms with E-state index in [2.05, 4.69) is 31.2 Å². The number of carbonyl (C=O) groups excluding carboxylic acids is 10. The van der Waals surface area contributed by atoms with Crippen molar-refractivity contribution in [3.8, 4) is 11.5 Å². The number of pyridine rings is 2. The molecule has 2 aliphatic carbocycles. The number of amides is 8. The van der Waals surface area contributed by atoms with Crippen LogP contribution < -0.4 is 21.3 Å². The van der Waals surface area contributed by atoms with Gasteiger partial charge < -0.3 is 60.6 Å². The van der Waals surface area contributed by atoms with Gasteiger partial charge in [-0.2, -0.15) is 0 Å². The summed E-state index contributed by atoms with van der Waals surface area (Å²) < 4.78 is 10.7. The number of ether oxygens (including phenoxy) is 2. The van der Waals surface area contributed by atoms with E-state index in [1.54, 1.807) is 62.4 Å². The van der Waals surface area contributed by atoms with Crippen LogP contribution in [0.1, 0.15) is 75.4 Å². The molecule has 2 aromatic heterocycles. The first-order chi connectivity index (χ1) is 38.2. The van der Waals surface area contributed by atoms with Gasteiger partial charge in [-0.25, -0.2) is 19.6 Å². The summed E-state index contributed by atoms with van der Waals surface area (Å²) in [6, 6.07) is 6.58. The van der Waals surface area contributed by atoms with Crippen LogP contribution in [0.4, 0.5) is 0 Å². The Labute approximate surface area is 475 Å². The molecule has 2 spiro atoms. The zero-order valence-corrected chi connectivity index (χ0v) is 48.0. The first kappa shape index (κ1) is 59.4. The van der Waals surface area contributed by atoms with Crippen LogP contribution in [0.3, 0.4) is 0 Å². The van der Waals surface area contributed by atoms with Gasteiger partial charge in [-0.1, -0.05) is 64.1 Å². The lowest BCUT2D eigenvalue weighted by Crippen LogP contribution is -2.61. The first-order valence-corrected chi connectivity index (χ1v) is 28.3. The molecule has 0 radical (unpaired) electrons. The van der Waals surface area contributed by atoms with Crippen LogP contribution in [0.2, 0.25) is 0 Å². The molecule has 5 unspecified atom stereocenters. The van der Waals surface area contributed by atoms with Crippen molar-refractivity contribution in [2.75, 3.05) is 47.2 Å². The number of hydrogen-bond donors (Lipinski definition) is 6. The summed E-state index contributed by atoms with van der Waals surface area (Å²) in [5.74, 6) is -11.7. The van der Waals surface area contributed by atoms with E-state index in [-0.39, 0.29) is 23.8 Å². The number of likely N-dealkylation sites (N-methyl/N-ethyl adjacent to an activating group) is 4. The fourth-order valence-electron chi connectivity index (χ4n) is 10.5. The molecule has 4 heterocycles. The summed E-state index contributed by atoms with van der Waals surface area (Å²) in [7, 11) is 5.38. The number of cyclic esters (lactones) is 2. The lowest BCUT2D eigenvalue weighted by atomic mass is 10.1. The first-order valence-electron chi connectivity index (χ1n) is 26.3. The van der Waals surface area contributed by atoms with E-state index in [4.69, 9.17) is 9.47 Å². The molecule has 6 N–H and O–H groups in total. The Balaban J connectivity index is 1.20. The normalized spacial score (nSPS) is 29.4. The van der Waals surface area contributed by atoms with Gasteiger partial charge in [0.2, 0.25) is 35.4 Å². The maximum Gasteiger partial charge on any atom is 0.332 e. The monoisotopic (exact) mass is 1150 g/mol. The third-order valence-electron chi connectivity index (χ3n) is 15.6. The number of nitrogens with zero attached hydrogens (tertiary/aromatic N) is 6. The highest BCUT2D eigenvalue weighted by Gasteiger charge is 2.66. The molecule has 81 heavy (non-hydrogen) atoms. The van der Waals surface area contributed by atoms with Gasteiger partial charge in [0.25, 0.3) is 11.8 Å². The molecule has 2 saturated heterocycles. The molecule has 4 aromatic rings. The second kappa shape index (κ2) is 23.4. The zero-order chi connectivity index (χ0) is 59.2. The second-order valence-corrected chi connectivity index (χ2v) is 24.6. The number of esters is 2. The maximum atomic E-state index is 15.6. The molecular weight excluding hydrogens is 1090 g/mol. The number of benzene rings is 2. The lowest BCUT2D eigenvalue weighted by molar-refractivity contribution is -0.161. The SMILES string of the molecule is CC(C)SC1SC[C@@H]2C(=O)N(C)C3(CC3C)C(=O)OC[C@@H](NC(=O)c3nc4ccccc4cc3O)C(=O)N[C@@H](C)C(=O)N(C)[C@H]1C(=O)N(C)C1(CC1C)C(=O)OC[C@@H](NC(=O)c1nc3ccccc3cc1O)C(=O)N[C@@H](C)C(=O)N2C. The smallest absolute Gasteiger partial charge is 0.332 e. The molecular formula is C55H66N10O14S2. The van der Waals surface area contributed by atoms with E-state index in [0.717, 1.165) is 26.5 Å². The molecule has 8 rings (SSSR count). The predicted octanol–water partition coefficient (Wildman–Crippen LogP) is 1.54. The lowest BCUT2D eigenvalue weighted by Gasteiger charge is -2.40. The van der Waals surface area contributed by atoms with Crippen LogP contribution in [0.15, 0.2) is 60.7 Å². The number of nitrogens with one attached hydrogen (secondary N) is 4. The zero-order valence-electron chi connectivity index (χ0n) is 46.4. The van der Waals surface area contributed by atoms with Crippen LogP contribution in [0.5, 0.6) is 11.5 Å². The van der Waals surface area contributed by atoms with E-state index < -0.39 is 159 Å². The van der Waals surface area contributed by atoms with Gasteiger partial charge >= 0.3 is 11.9 Å². The highest BCUT2D eigenvalue weighted by Crippen LogP contribution is 2.51. The van der Waals surface area contributed by atoms with E-state index in [1.165, 1.54) is 70.8 Å². The number of rotatable bonds is 6. The third-order valence-corrected chi connectivity index (χ3v) is 18.5. The van der Waals surface area contributed by atoms with Crippen molar-refractivity contribution < 1.29 is 67.6 Å². The van der Waals surface area contributed by atoms with E-state index in [0.29, 0.717) is 21.8 Å². The summed E-state index contributed by atoms with van der Waals surface area (Å²) >= 11 is 2.31. The van der Waals surface area contributed by atoms with Crippen molar-refractivity contribution >= 4 is 105 Å². The number of fused-ring (bicyclic) bond motifs is 6. The molecule has 26 heteroatoms. The third kappa shape index (κ3) is 11.6. The van der Waals surface area contributed by atoms with Gasteiger partial charge in [-0.3, -0.25) is 38.4 Å². The van der Waals surface area contributed by atoms with Gasteiger partial charge in [-0.15, -0.1) is 23.5 Å². The molecule has 2 saturated carbocycles. The topological polar surface area (TPSA) is 316 Å². The maximum absolute atomic E-state index is 15.6. The highest BCUT2D eigenvalue weighted by molar-refractivity contribution is 8.17. The van der Waals surface area contributed by atoms with Crippen molar-refractivity contribution in [3.05, 3.63) is 72.1 Å². The summed E-state index contributed by atoms with van der Waals surface area (Å²) in [5, 5.41) is 32.7. The predicted molar refractivity (Wildman–Crippen MR) is 297 cm³/mol. The van der Waals surface area contributed by atoms with Crippen LogP contribution in [0.25, 0.3) is 21.8 Å². The Morgan fingerprint density at radius 2 is 1.06 bits per heavy atom. The molecule has 8 amide bonds. The van der Waals surface area contributed by atoms with Crippen molar-refractivity contribution in [1.29, 1.82) is 0 Å². The van der Waals surface area contributed by atoms with Gasteiger partial charge in [0.05, 0.1) is 15.6 Å². The Kier molecular flexibility index (Phi) is 17.1. The minimum Gasteiger partial charge on any atom is -0.505 e. The van der Waals surface area contributed by atoms with Crippen molar-refractivity contribution in [2.24, 2.45) is 11.8 Å². The summed E-state index contributed by atoms with van der Waals surface area (Å²) in [5.41, 5.74) is -3.61. The molecule has 432 valence electrons. The molecule has 24 nitrogen and oxygen atoms in total. The highest BCUT2D eigenvalue weighted by atomic mass is 32.2. The number of hydrogen-bond acceptors (Lipinski definition) is 18. The van der Waals surface area contributed by atoms with Crippen molar-refractivity contribution in [1.82, 2.24) is 50.8 Å². The Morgan fingerprint density at radius 1 is 0.654 bits per heavy atom. The van der Waals surface area contributed by atoms with Crippen molar-refractivity contribution in [2.45, 2.75) is 112 Å². The Morgan fingerprint density at radius 3 is 1.48 bits per heavy atom. The van der Waals surface area contributed by atoms with Crippen LogP contribution in [0, 0.1) is 11.8 Å². The molecule has 4 aliphatic rings. The van der Waals surface area contributed by atoms with Gasteiger partial charge in [-0.05, 0) is 62.8 Å². The summed E-state index contributed by atoms with van der Waals surface area (Å²) in [6.07, 6.45) is 0.139. The molecule has 2 aliphatic heterocycles. The standard InChI is InChI=1S/C55H66N10O14S2/c1-26(2)81-51-42-50(75)65(10)55(22-28(55)4)53(77)79-24-35(60-45(70)40-38(66)19-31-15-11-13-17-33(31)58-40)43(68)56-29(5)47(72)62(7)37(25-80-51)49(74)64(9)54(21-27(54)3)52(76)78-23-36(44(69)57-30(6)48(73)63(42)8)61-46(71)41-39(67)20-32-16-12-14-18-34(32)59-41/h11-20,26-30,35-37,42,51,66-67H,21-25H2,1-10H3,(H,56,68)(H,57,69)(H,60,70)(H,61,71)/t27?,28?,29-,30-,35+,36+,37+,42-,51?,54?,55?/m0/s1. The molecule has 2 aromatic carbocycles. The Hall–Kier alpha value is -7.74. The van der Waals surface area contributed by atoms with Gasteiger partial charge in [0, 0.05) is 50.0 Å². The fraction of sp³-hybridized carbons (Fsp3) is 0.491. The number of aromatic hydroxyl groups is 2. The number of carbonyl (C=O) groups is 10. The fourth-order valence-corrected chi connectivity index (χ4v) is 13.9. The van der Waals surface area contributed by atoms with E-state index in [1.807, 2.05) is 13.8 Å². The quantitative estimate of drug-likeness (QED) is 0.149. The number of aromatic nitrogens is 2. The van der Waals surface area contributed by atoms with Gasteiger partial charge in [0.15, 0.2) is 11.4 Å². The minimum atomic E-state index is -1.75. The van der Waals surface area contributed by atoms with E-state index >= 15 is 9.59 Å². The minimum absolute atomic E-state index is 0.0674. The summed E-state index contributed by atoms with van der Waals surface area (Å²) in [6.45, 7) is 8.06.